The molecule has 8 nitrogen and oxygen atoms in total. The molecule has 1 aromatic heterocycles. The van der Waals surface area contributed by atoms with E-state index in [0.717, 1.165) is 36.1 Å². The van der Waals surface area contributed by atoms with Gasteiger partial charge in [0, 0.05) is 15.9 Å². The topological polar surface area (TPSA) is 114 Å². The van der Waals surface area contributed by atoms with Crippen LogP contribution in [0.1, 0.15) is 78.1 Å². The van der Waals surface area contributed by atoms with Crippen LogP contribution in [-0.4, -0.2) is 35.9 Å². The van der Waals surface area contributed by atoms with Gasteiger partial charge in [-0.3, -0.25) is 14.4 Å². The predicted octanol–water partition coefficient (Wildman–Crippen LogP) is 4.53. The molecule has 3 rings (SSSR count). The number of carbonyl (C=O) groups is 4. The molecule has 0 fully saturated rings. The third kappa shape index (κ3) is 6.63. The number of nitrogens with zero attached hydrogens (tertiary/aromatic N) is 1. The number of nitrogens with one attached hydrogen (secondary N) is 2. The van der Waals surface area contributed by atoms with Crippen molar-refractivity contribution >= 4 is 45.6 Å². The van der Waals surface area contributed by atoms with Crippen LogP contribution < -0.4 is 10.7 Å². The van der Waals surface area contributed by atoms with Crippen LogP contribution in [0.2, 0.25) is 0 Å². The Morgan fingerprint density at radius 1 is 1.06 bits per heavy atom. The van der Waals surface area contributed by atoms with Crippen molar-refractivity contribution in [3.05, 3.63) is 51.9 Å². The quantitative estimate of drug-likeness (QED) is 0.316. The Bertz CT molecular complexity index is 1150. The summed E-state index contributed by atoms with van der Waals surface area (Å²) in [6.07, 6.45) is 3.28. The van der Waals surface area contributed by atoms with E-state index in [4.69, 9.17) is 4.74 Å². The standard InChI is InChI=1S/C26H31N3O5S/c1-5-34-25(33)21-17-13-9-10-14-19(17)35-24(21)27-23(32)18(15-20(30)26(2,3)4)28-29-22(31)16-11-7-6-8-12-16/h6-8,11-12H,5,9-10,13-15H2,1-4H3,(H,27,32)(H,29,31). The monoisotopic (exact) mass is 497 g/mol. The summed E-state index contributed by atoms with van der Waals surface area (Å²) in [4.78, 5) is 52.2. The lowest BCUT2D eigenvalue weighted by Crippen LogP contribution is -2.32. The highest BCUT2D eigenvalue weighted by Crippen LogP contribution is 2.38. The zero-order valence-electron chi connectivity index (χ0n) is 20.5. The Kier molecular flexibility index (Phi) is 8.56. The minimum absolute atomic E-state index is 0.143. The van der Waals surface area contributed by atoms with Gasteiger partial charge >= 0.3 is 5.97 Å². The van der Waals surface area contributed by atoms with E-state index in [9.17, 15) is 19.2 Å². The molecule has 1 aliphatic rings. The zero-order chi connectivity index (χ0) is 25.6. The van der Waals surface area contributed by atoms with E-state index < -0.39 is 23.2 Å². The van der Waals surface area contributed by atoms with E-state index in [1.165, 1.54) is 11.3 Å². The minimum atomic E-state index is -0.706. The van der Waals surface area contributed by atoms with Gasteiger partial charge in [-0.15, -0.1) is 11.3 Å². The third-order valence-electron chi connectivity index (χ3n) is 5.63. The van der Waals surface area contributed by atoms with Crippen LogP contribution in [0.3, 0.4) is 0 Å². The van der Waals surface area contributed by atoms with Gasteiger partial charge in [0.1, 0.15) is 16.5 Å². The number of ketones is 1. The van der Waals surface area contributed by atoms with Crippen LogP contribution >= 0.6 is 11.3 Å². The first kappa shape index (κ1) is 26.3. The van der Waals surface area contributed by atoms with Gasteiger partial charge in [-0.25, -0.2) is 10.2 Å². The molecule has 0 radical (unpaired) electrons. The maximum atomic E-state index is 13.3. The third-order valence-corrected chi connectivity index (χ3v) is 6.84. The highest BCUT2D eigenvalue weighted by molar-refractivity contribution is 7.17. The summed E-state index contributed by atoms with van der Waals surface area (Å²) in [5.41, 5.74) is 3.18. The fourth-order valence-corrected chi connectivity index (χ4v) is 4.88. The van der Waals surface area contributed by atoms with Crippen molar-refractivity contribution in [2.45, 2.75) is 59.8 Å². The number of hydrazone groups is 1. The van der Waals surface area contributed by atoms with Crippen molar-refractivity contribution in [2.75, 3.05) is 11.9 Å². The summed E-state index contributed by atoms with van der Waals surface area (Å²) >= 11 is 1.35. The van der Waals surface area contributed by atoms with Crippen molar-refractivity contribution in [3.8, 4) is 0 Å². The molecule has 0 atom stereocenters. The number of rotatable bonds is 8. The van der Waals surface area contributed by atoms with Crippen molar-refractivity contribution in [2.24, 2.45) is 10.5 Å². The molecule has 0 spiro atoms. The number of esters is 1. The van der Waals surface area contributed by atoms with Crippen molar-refractivity contribution in [1.82, 2.24) is 5.43 Å². The molecule has 2 aromatic rings. The summed E-state index contributed by atoms with van der Waals surface area (Å²) < 4.78 is 5.25. The predicted molar refractivity (Wildman–Crippen MR) is 136 cm³/mol. The second kappa shape index (κ2) is 11.4. The molecule has 2 amide bonds. The van der Waals surface area contributed by atoms with E-state index in [0.29, 0.717) is 16.1 Å². The molecular formula is C26H31N3O5S. The SMILES string of the molecule is CCOC(=O)c1c(NC(=O)C(CC(=O)C(C)(C)C)=NNC(=O)c2ccccc2)sc2c1CCCC2. The molecule has 186 valence electrons. The Morgan fingerprint density at radius 2 is 1.74 bits per heavy atom. The highest BCUT2D eigenvalue weighted by Gasteiger charge is 2.30. The first-order chi connectivity index (χ1) is 16.6. The van der Waals surface area contributed by atoms with Crippen LogP contribution in [0.4, 0.5) is 5.00 Å². The maximum Gasteiger partial charge on any atom is 0.341 e. The normalized spacial score (nSPS) is 13.5. The minimum Gasteiger partial charge on any atom is -0.462 e. The second-order valence-corrected chi connectivity index (χ2v) is 10.4. The number of Topliss-reactive ketones (excluding diaryl/α,β-unsaturated/α-hetero) is 1. The molecule has 1 aromatic carbocycles. The molecule has 1 aliphatic carbocycles. The number of benzene rings is 1. The Hall–Kier alpha value is -3.33. The Balaban J connectivity index is 1.90. The van der Waals surface area contributed by atoms with E-state index in [1.807, 2.05) is 0 Å². The molecule has 0 aliphatic heterocycles. The van der Waals surface area contributed by atoms with Crippen LogP contribution in [-0.2, 0) is 27.2 Å². The number of hydrogen-bond acceptors (Lipinski definition) is 7. The van der Waals surface area contributed by atoms with Gasteiger partial charge in [0.15, 0.2) is 0 Å². The number of anilines is 1. The number of thiophene rings is 1. The fourth-order valence-electron chi connectivity index (χ4n) is 3.61. The number of fused-ring (bicyclic) bond motifs is 1. The van der Waals surface area contributed by atoms with Crippen LogP contribution in [0.5, 0.6) is 0 Å². The van der Waals surface area contributed by atoms with E-state index in [-0.39, 0.29) is 24.5 Å². The molecular weight excluding hydrogens is 466 g/mol. The van der Waals surface area contributed by atoms with Crippen molar-refractivity contribution < 1.29 is 23.9 Å². The van der Waals surface area contributed by atoms with Gasteiger partial charge in [0.25, 0.3) is 11.8 Å². The van der Waals surface area contributed by atoms with Crippen molar-refractivity contribution in [3.63, 3.8) is 0 Å². The van der Waals surface area contributed by atoms with Gasteiger partial charge < -0.3 is 10.1 Å². The molecule has 2 N–H and O–H groups in total. The molecule has 0 saturated carbocycles. The van der Waals surface area contributed by atoms with Crippen LogP contribution in [0.25, 0.3) is 0 Å². The zero-order valence-corrected chi connectivity index (χ0v) is 21.3. The molecule has 0 unspecified atom stereocenters. The smallest absolute Gasteiger partial charge is 0.341 e. The number of aryl methyl sites for hydroxylation is 1. The summed E-state index contributed by atoms with van der Waals surface area (Å²) in [6.45, 7) is 7.20. The fraction of sp³-hybridized carbons (Fsp3) is 0.423. The Labute approximate surface area is 209 Å². The van der Waals surface area contributed by atoms with E-state index >= 15 is 0 Å². The van der Waals surface area contributed by atoms with Crippen molar-refractivity contribution in [1.29, 1.82) is 0 Å². The molecule has 0 saturated heterocycles. The van der Waals surface area contributed by atoms with E-state index in [2.05, 4.69) is 15.8 Å². The Morgan fingerprint density at radius 3 is 2.40 bits per heavy atom. The average Bonchev–Trinajstić information content (AvgIpc) is 3.19. The highest BCUT2D eigenvalue weighted by atomic mass is 32.1. The lowest BCUT2D eigenvalue weighted by molar-refractivity contribution is -0.125. The van der Waals surface area contributed by atoms with Gasteiger partial charge in [0.05, 0.1) is 18.6 Å². The van der Waals surface area contributed by atoms with Gasteiger partial charge in [-0.05, 0) is 50.3 Å². The summed E-state index contributed by atoms with van der Waals surface area (Å²) in [5.74, 6) is -1.85. The van der Waals surface area contributed by atoms with Crippen LogP contribution in [0, 0.1) is 5.41 Å². The maximum absolute atomic E-state index is 13.3. The lowest BCUT2D eigenvalue weighted by Gasteiger charge is -2.17. The first-order valence-electron chi connectivity index (χ1n) is 11.7. The summed E-state index contributed by atoms with van der Waals surface area (Å²) in [6, 6.07) is 8.44. The summed E-state index contributed by atoms with van der Waals surface area (Å²) in [7, 11) is 0. The molecule has 9 heteroatoms. The molecule has 1 heterocycles. The lowest BCUT2D eigenvalue weighted by atomic mass is 9.87. The number of hydrogen-bond donors (Lipinski definition) is 2. The molecule has 0 bridgehead atoms. The number of carbonyl (C=O) groups excluding carboxylic acids is 4. The number of ether oxygens (including phenoxy) is 1. The average molecular weight is 498 g/mol. The number of amides is 2. The summed E-state index contributed by atoms with van der Waals surface area (Å²) in [5, 5.41) is 7.17. The molecule has 35 heavy (non-hydrogen) atoms. The largest absolute Gasteiger partial charge is 0.462 e. The van der Waals surface area contributed by atoms with Gasteiger partial charge in [0.2, 0.25) is 0 Å². The second-order valence-electron chi connectivity index (χ2n) is 9.31. The van der Waals surface area contributed by atoms with Gasteiger partial charge in [-0.1, -0.05) is 39.0 Å². The van der Waals surface area contributed by atoms with Gasteiger partial charge in [-0.2, -0.15) is 5.10 Å². The van der Waals surface area contributed by atoms with Crippen LogP contribution in [0.15, 0.2) is 35.4 Å². The first-order valence-corrected chi connectivity index (χ1v) is 12.5. The van der Waals surface area contributed by atoms with E-state index in [1.54, 1.807) is 58.0 Å².